The van der Waals surface area contributed by atoms with Gasteiger partial charge in [-0.1, -0.05) is 24.3 Å². The molecule has 0 bridgehead atoms. The highest BCUT2D eigenvalue weighted by atomic mass is 17.1. The first-order chi connectivity index (χ1) is 13.3. The Morgan fingerprint density at radius 2 is 1.96 bits per heavy atom. The predicted octanol–water partition coefficient (Wildman–Crippen LogP) is 3.40. The lowest BCUT2D eigenvalue weighted by molar-refractivity contribution is -0.259. The van der Waals surface area contributed by atoms with Gasteiger partial charge < -0.3 is 19.1 Å². The number of ether oxygens (including phenoxy) is 3. The second-order valence-electron chi connectivity index (χ2n) is 6.37. The van der Waals surface area contributed by atoms with Gasteiger partial charge in [0.2, 0.25) is 0 Å². The van der Waals surface area contributed by atoms with Crippen LogP contribution in [-0.4, -0.2) is 50.9 Å². The first-order valence-corrected chi connectivity index (χ1v) is 9.36. The zero-order valence-electron chi connectivity index (χ0n) is 15.7. The van der Waals surface area contributed by atoms with Crippen molar-refractivity contribution in [3.8, 4) is 11.5 Å². The third-order valence-corrected chi connectivity index (χ3v) is 4.50. The van der Waals surface area contributed by atoms with Crippen LogP contribution < -0.4 is 14.4 Å². The van der Waals surface area contributed by atoms with Crippen LogP contribution in [0.5, 0.6) is 11.5 Å². The van der Waals surface area contributed by atoms with Gasteiger partial charge in [-0.2, -0.15) is 0 Å². The molecule has 6 heteroatoms. The molecule has 0 aliphatic carbocycles. The summed E-state index contributed by atoms with van der Waals surface area (Å²) in [5.74, 6) is 1.77. The molecule has 0 saturated heterocycles. The molecular weight excluding hydrogens is 346 g/mol. The molecule has 6 nitrogen and oxygen atoms in total. The van der Waals surface area contributed by atoms with Gasteiger partial charge in [0.15, 0.2) is 0 Å². The van der Waals surface area contributed by atoms with Gasteiger partial charge in [0.05, 0.1) is 24.9 Å². The Morgan fingerprint density at radius 1 is 1.15 bits per heavy atom. The molecule has 1 unspecified atom stereocenters. The zero-order chi connectivity index (χ0) is 18.9. The lowest BCUT2D eigenvalue weighted by Crippen LogP contribution is -2.35. The fraction of sp³-hybridized carbons (Fsp3) is 0.429. The van der Waals surface area contributed by atoms with E-state index in [1.54, 1.807) is 0 Å². The summed E-state index contributed by atoms with van der Waals surface area (Å²) in [6.45, 7) is 5.65. The van der Waals surface area contributed by atoms with E-state index in [1.165, 1.54) is 0 Å². The number of para-hydroxylation sites is 2. The number of hydrogen-bond acceptors (Lipinski definition) is 6. The van der Waals surface area contributed by atoms with Crippen molar-refractivity contribution in [3.63, 3.8) is 0 Å². The molecular formula is C21H27NO5. The van der Waals surface area contributed by atoms with Crippen molar-refractivity contribution in [1.29, 1.82) is 0 Å². The average Bonchev–Trinajstić information content (AvgIpc) is 2.70. The molecule has 1 N–H and O–H groups in total. The average molecular weight is 373 g/mol. The quantitative estimate of drug-likeness (QED) is 0.509. The van der Waals surface area contributed by atoms with E-state index in [0.29, 0.717) is 26.2 Å². The molecule has 2 aromatic carbocycles. The van der Waals surface area contributed by atoms with Crippen molar-refractivity contribution in [1.82, 2.24) is 0 Å². The monoisotopic (exact) mass is 373 g/mol. The number of anilines is 1. The predicted molar refractivity (Wildman–Crippen MR) is 104 cm³/mol. The number of nitrogens with zero attached hydrogens (tertiary/aromatic N) is 1. The van der Waals surface area contributed by atoms with E-state index >= 15 is 0 Å². The van der Waals surface area contributed by atoms with Gasteiger partial charge in [0, 0.05) is 13.0 Å². The number of benzene rings is 2. The molecule has 0 radical (unpaired) electrons. The van der Waals surface area contributed by atoms with Gasteiger partial charge in [-0.25, -0.2) is 4.89 Å². The first kappa shape index (κ1) is 19.5. The van der Waals surface area contributed by atoms with E-state index in [2.05, 4.69) is 15.9 Å². The summed E-state index contributed by atoms with van der Waals surface area (Å²) in [4.78, 5) is 6.51. The molecule has 0 saturated carbocycles. The van der Waals surface area contributed by atoms with Crippen molar-refractivity contribution in [2.45, 2.75) is 19.4 Å². The van der Waals surface area contributed by atoms with Crippen LogP contribution in [0.25, 0.3) is 0 Å². The highest BCUT2D eigenvalue weighted by molar-refractivity contribution is 5.59. The Bertz CT molecular complexity index is 685. The van der Waals surface area contributed by atoms with Crippen LogP contribution >= 0.6 is 0 Å². The molecule has 3 rings (SSSR count). The lowest BCUT2D eigenvalue weighted by atomic mass is 10.1. The minimum absolute atomic E-state index is 0.159. The molecule has 0 spiro atoms. The molecule has 0 fully saturated rings. The molecule has 1 heterocycles. The van der Waals surface area contributed by atoms with Crippen molar-refractivity contribution in [2.75, 3.05) is 44.4 Å². The second-order valence-corrected chi connectivity index (χ2v) is 6.37. The topological polar surface area (TPSA) is 60.4 Å². The van der Waals surface area contributed by atoms with Crippen LogP contribution in [0.1, 0.15) is 12.5 Å². The fourth-order valence-corrected chi connectivity index (χ4v) is 3.20. The molecule has 1 aliphatic rings. The SMILES string of the molecule is CCOC(COO)Cc1ccc(OCCN2CCOc3ccccc32)cc1. The summed E-state index contributed by atoms with van der Waals surface area (Å²) in [6.07, 6.45) is 0.521. The van der Waals surface area contributed by atoms with E-state index in [9.17, 15) is 0 Å². The van der Waals surface area contributed by atoms with Crippen LogP contribution in [0.2, 0.25) is 0 Å². The van der Waals surface area contributed by atoms with Crippen molar-refractivity contribution in [2.24, 2.45) is 0 Å². The Balaban J connectivity index is 1.48. The standard InChI is InChI=1S/C21H27NO5/c1-2-24-19(16-27-23)15-17-7-9-18(10-8-17)25-13-11-22-12-14-26-21-6-4-3-5-20(21)22/h3-10,19,23H,2,11-16H2,1H3. The summed E-state index contributed by atoms with van der Waals surface area (Å²) >= 11 is 0. The Kier molecular flexibility index (Phi) is 7.33. The van der Waals surface area contributed by atoms with Crippen molar-refractivity contribution >= 4 is 5.69 Å². The largest absolute Gasteiger partial charge is 0.492 e. The maximum Gasteiger partial charge on any atom is 0.142 e. The minimum atomic E-state index is -0.159. The Hall–Kier alpha value is -2.28. The van der Waals surface area contributed by atoms with Gasteiger partial charge in [0.1, 0.15) is 31.3 Å². The molecule has 1 atom stereocenters. The summed E-state index contributed by atoms with van der Waals surface area (Å²) in [6, 6.07) is 16.1. The Morgan fingerprint density at radius 3 is 2.74 bits per heavy atom. The van der Waals surface area contributed by atoms with Gasteiger partial charge in [-0.3, -0.25) is 5.26 Å². The lowest BCUT2D eigenvalue weighted by Gasteiger charge is -2.31. The minimum Gasteiger partial charge on any atom is -0.492 e. The highest BCUT2D eigenvalue weighted by Gasteiger charge is 2.17. The van der Waals surface area contributed by atoms with E-state index in [4.69, 9.17) is 19.5 Å². The van der Waals surface area contributed by atoms with Gasteiger partial charge in [-0.15, -0.1) is 0 Å². The maximum atomic E-state index is 8.64. The summed E-state index contributed by atoms with van der Waals surface area (Å²) in [7, 11) is 0. The van der Waals surface area contributed by atoms with Crippen molar-refractivity contribution < 1.29 is 24.4 Å². The molecule has 0 aromatic heterocycles. The molecule has 0 amide bonds. The number of fused-ring (bicyclic) bond motifs is 1. The van der Waals surface area contributed by atoms with Gasteiger partial charge in [-0.05, 0) is 36.8 Å². The van der Waals surface area contributed by atoms with Crippen LogP contribution in [0.15, 0.2) is 48.5 Å². The smallest absolute Gasteiger partial charge is 0.142 e. The summed E-state index contributed by atoms with van der Waals surface area (Å²) < 4.78 is 17.1. The fourth-order valence-electron chi connectivity index (χ4n) is 3.20. The second kappa shape index (κ2) is 10.2. The van der Waals surface area contributed by atoms with Crippen LogP contribution in [0, 0.1) is 0 Å². The maximum absolute atomic E-state index is 8.64. The number of hydrogen-bond donors (Lipinski definition) is 1. The van der Waals surface area contributed by atoms with Gasteiger partial charge >= 0.3 is 0 Å². The highest BCUT2D eigenvalue weighted by Crippen LogP contribution is 2.30. The normalized spacial score (nSPS) is 14.4. The summed E-state index contributed by atoms with van der Waals surface area (Å²) in [5, 5.41) is 8.64. The molecule has 1 aliphatic heterocycles. The number of rotatable bonds is 10. The van der Waals surface area contributed by atoms with Crippen molar-refractivity contribution in [3.05, 3.63) is 54.1 Å². The van der Waals surface area contributed by atoms with Crippen LogP contribution in [-0.2, 0) is 16.0 Å². The van der Waals surface area contributed by atoms with Gasteiger partial charge in [0.25, 0.3) is 0 Å². The van der Waals surface area contributed by atoms with E-state index in [-0.39, 0.29) is 12.7 Å². The van der Waals surface area contributed by atoms with E-state index in [0.717, 1.165) is 35.8 Å². The third-order valence-electron chi connectivity index (χ3n) is 4.50. The molecule has 2 aromatic rings. The molecule has 146 valence electrons. The first-order valence-electron chi connectivity index (χ1n) is 9.36. The third kappa shape index (κ3) is 5.60. The van der Waals surface area contributed by atoms with E-state index < -0.39 is 0 Å². The molecule has 27 heavy (non-hydrogen) atoms. The van der Waals surface area contributed by atoms with E-state index in [1.807, 2.05) is 49.4 Å². The summed E-state index contributed by atoms with van der Waals surface area (Å²) in [5.41, 5.74) is 2.23. The zero-order valence-corrected chi connectivity index (χ0v) is 15.7. The van der Waals surface area contributed by atoms with Crippen LogP contribution in [0.4, 0.5) is 5.69 Å². The Labute approximate surface area is 160 Å². The van der Waals surface area contributed by atoms with Crippen LogP contribution in [0.3, 0.4) is 0 Å².